The van der Waals surface area contributed by atoms with Crippen molar-refractivity contribution in [2.24, 2.45) is 0 Å². The maximum Gasteiger partial charge on any atom is 0.119 e. The van der Waals surface area contributed by atoms with Crippen molar-refractivity contribution >= 4 is 0 Å². The van der Waals surface area contributed by atoms with Crippen molar-refractivity contribution in [3.05, 3.63) is 29.8 Å². The highest BCUT2D eigenvalue weighted by Gasteiger charge is 2.05. The van der Waals surface area contributed by atoms with E-state index in [1.165, 1.54) is 0 Å². The summed E-state index contributed by atoms with van der Waals surface area (Å²) in [5.74, 6) is -0.360. The quantitative estimate of drug-likeness (QED) is 0.722. The number of rotatable bonds is 9. The fourth-order valence-electron chi connectivity index (χ4n) is 1.02. The molecule has 0 spiro atoms. The molecule has 0 saturated carbocycles. The van der Waals surface area contributed by atoms with Crippen LogP contribution in [0.5, 0.6) is 5.75 Å². The highest BCUT2D eigenvalue weighted by molar-refractivity contribution is 5.27. The Morgan fingerprint density at radius 3 is 2.95 bits per heavy atom. The molecule has 108 valence electrons. The van der Waals surface area contributed by atoms with E-state index < -0.39 is 57.6 Å². The lowest BCUT2D eigenvalue weighted by Gasteiger charge is -2.15. The van der Waals surface area contributed by atoms with Gasteiger partial charge in [0.1, 0.15) is 18.4 Å². The molecule has 0 heterocycles. The average molecular weight is 282 g/mol. The fourth-order valence-corrected chi connectivity index (χ4v) is 1.02. The average Bonchev–Trinajstić information content (AvgIpc) is 2.57. The summed E-state index contributed by atoms with van der Waals surface area (Å²) in [6, 6.07) is 1.23. The molecular formula is C15H25NO3. The first-order chi connectivity index (χ1) is 14.8. The summed E-state index contributed by atoms with van der Waals surface area (Å²) in [6.07, 6.45) is -5.60. The Balaban J connectivity index is 3.09. The molecule has 4 nitrogen and oxygen atoms in total. The third kappa shape index (κ3) is 7.15. The summed E-state index contributed by atoms with van der Waals surface area (Å²) in [6.45, 7) is -11.8. The maximum absolute atomic E-state index is 10.2. The molecule has 1 aromatic rings. The molecule has 2 unspecified atom stereocenters. The number of aliphatic hydroxyl groups excluding tert-OH is 1. The van der Waals surface area contributed by atoms with Gasteiger partial charge in [-0.05, 0) is 24.1 Å². The second kappa shape index (κ2) is 8.91. The van der Waals surface area contributed by atoms with Crippen LogP contribution in [-0.4, -0.2) is 43.9 Å². The molecule has 2 N–H and O–H groups in total. The van der Waals surface area contributed by atoms with E-state index in [4.69, 9.17) is 25.3 Å². The van der Waals surface area contributed by atoms with E-state index in [0.717, 1.165) is 31.2 Å². The van der Waals surface area contributed by atoms with Crippen LogP contribution in [0.4, 0.5) is 0 Å². The summed E-state index contributed by atoms with van der Waals surface area (Å²) in [7, 11) is -3.23. The number of hydrogen-bond donors (Lipinski definition) is 2. The number of aliphatic hydroxyl groups is 1. The molecule has 0 aromatic heterocycles. The minimum atomic E-state index is -3.28. The van der Waals surface area contributed by atoms with Gasteiger partial charge in [0.2, 0.25) is 0 Å². The number of benzene rings is 1. The molecule has 0 aliphatic rings. The van der Waals surface area contributed by atoms with Gasteiger partial charge in [-0.3, -0.25) is 0 Å². The predicted molar refractivity (Wildman–Crippen MR) is 76.7 cm³/mol. The van der Waals surface area contributed by atoms with Gasteiger partial charge in [0.25, 0.3) is 0 Å². The van der Waals surface area contributed by atoms with Gasteiger partial charge in [0, 0.05) is 30.5 Å². The van der Waals surface area contributed by atoms with Crippen molar-refractivity contribution in [2.45, 2.75) is 32.3 Å². The maximum atomic E-state index is 10.2. The lowest BCUT2D eigenvalue weighted by molar-refractivity contribution is 0.104. The minimum absolute atomic E-state index is 0.360. The second-order valence-electron chi connectivity index (χ2n) is 3.37. The smallest absolute Gasteiger partial charge is 0.119 e. The summed E-state index contributed by atoms with van der Waals surface area (Å²) >= 11 is 0. The third-order valence-corrected chi connectivity index (χ3v) is 1.79. The molecule has 2 atom stereocenters. The number of ether oxygens (including phenoxy) is 2. The van der Waals surface area contributed by atoms with E-state index in [2.05, 4.69) is 4.74 Å². The highest BCUT2D eigenvalue weighted by atomic mass is 16.5. The van der Waals surface area contributed by atoms with Crippen LogP contribution in [0.2, 0.25) is 0 Å². The van der Waals surface area contributed by atoms with Crippen LogP contribution in [0, 0.1) is 0 Å². The van der Waals surface area contributed by atoms with Gasteiger partial charge in [-0.15, -0.1) is 0 Å². The molecule has 19 heavy (non-hydrogen) atoms. The van der Waals surface area contributed by atoms with Crippen LogP contribution >= 0.6 is 0 Å². The summed E-state index contributed by atoms with van der Waals surface area (Å²) < 4.78 is 122. The van der Waals surface area contributed by atoms with Gasteiger partial charge < -0.3 is 19.9 Å². The monoisotopic (exact) mass is 282 g/mol. The van der Waals surface area contributed by atoms with Gasteiger partial charge >= 0.3 is 0 Å². The molecule has 1 rings (SSSR count). The number of methoxy groups -OCH3 is 1. The Morgan fingerprint density at radius 1 is 1.47 bits per heavy atom. The molecule has 0 aliphatic carbocycles. The van der Waals surface area contributed by atoms with E-state index in [1.54, 1.807) is 5.32 Å². The fraction of sp³-hybridized carbons (Fsp3) is 0.600. The van der Waals surface area contributed by atoms with Crippen molar-refractivity contribution in [1.82, 2.24) is 5.32 Å². The van der Waals surface area contributed by atoms with Crippen LogP contribution in [0.25, 0.3) is 0 Å². The number of nitrogens with one attached hydrogen (secondary N) is 1. The Hall–Kier alpha value is -1.10. The summed E-state index contributed by atoms with van der Waals surface area (Å²) in [4.78, 5) is 0. The van der Waals surface area contributed by atoms with Gasteiger partial charge in [0.15, 0.2) is 0 Å². The standard InChI is InChI=1S/C15H25NO3/c1-12(2)16-10-14(17)11-19-15-6-4-13(5-7-15)8-9-18-3/h4-7,12,14,16-17H,8-11H2,1-3H3/i1D3,3D3,8D2,9D2,10D2,11D2,12D. The Morgan fingerprint density at radius 2 is 2.26 bits per heavy atom. The molecule has 0 amide bonds. The van der Waals surface area contributed by atoms with Crippen molar-refractivity contribution in [2.75, 3.05) is 26.7 Å². The van der Waals surface area contributed by atoms with Gasteiger partial charge in [0.05, 0.1) is 16.2 Å². The first-order valence-electron chi connectivity index (χ1n) is 12.7. The van der Waals surface area contributed by atoms with E-state index in [-0.39, 0.29) is 5.75 Å². The largest absolute Gasteiger partial charge is 0.491 e. The number of hydrogen-bond acceptors (Lipinski definition) is 4. The lowest BCUT2D eigenvalue weighted by Crippen LogP contribution is -2.35. The number of aryl methyl sites for hydroxylation is 1. The second-order valence-corrected chi connectivity index (χ2v) is 3.37. The van der Waals surface area contributed by atoms with Crippen molar-refractivity contribution in [1.29, 1.82) is 0 Å². The van der Waals surface area contributed by atoms with Crippen molar-refractivity contribution < 1.29 is 35.1 Å². The van der Waals surface area contributed by atoms with Crippen molar-refractivity contribution in [3.8, 4) is 5.75 Å². The van der Waals surface area contributed by atoms with Gasteiger partial charge in [-0.2, -0.15) is 0 Å². The molecule has 0 fully saturated rings. The highest BCUT2D eigenvalue weighted by Crippen LogP contribution is 2.12. The zero-order valence-electron chi connectivity index (χ0n) is 25.2. The van der Waals surface area contributed by atoms with Crippen LogP contribution in [0.3, 0.4) is 0 Å². The predicted octanol–water partition coefficient (Wildman–Crippen LogP) is 1.61. The van der Waals surface area contributed by atoms with Crippen LogP contribution in [0.15, 0.2) is 24.3 Å². The molecule has 0 saturated heterocycles. The van der Waals surface area contributed by atoms with Crippen LogP contribution in [0.1, 0.15) is 39.9 Å². The molecular weight excluding hydrogens is 242 g/mol. The van der Waals surface area contributed by atoms with E-state index in [1.807, 2.05) is 0 Å². The minimum Gasteiger partial charge on any atom is -0.491 e. The first kappa shape index (κ1) is 4.72. The molecule has 0 bridgehead atoms. The van der Waals surface area contributed by atoms with Crippen LogP contribution < -0.4 is 10.1 Å². The Kier molecular flexibility index (Phi) is 2.21. The van der Waals surface area contributed by atoms with Crippen LogP contribution in [-0.2, 0) is 11.1 Å². The van der Waals surface area contributed by atoms with E-state index in [9.17, 15) is 5.11 Å². The third-order valence-electron chi connectivity index (χ3n) is 1.79. The SMILES string of the molecule is [2H]C([2H])([2H])OC([2H])([2H])C([2H])([2H])c1ccc(OC([2H])([2H])C(O)C([2H])([2H])NC([2H])(C)C([2H])([2H])[2H])cc1. The normalized spacial score (nSPS) is 31.8. The molecule has 0 radical (unpaired) electrons. The lowest BCUT2D eigenvalue weighted by atomic mass is 10.1. The summed E-state index contributed by atoms with van der Waals surface area (Å²) in [5, 5.41) is 12.0. The first-order valence-corrected chi connectivity index (χ1v) is 5.22. The Labute approximate surface area is 136 Å². The van der Waals surface area contributed by atoms with Gasteiger partial charge in [-0.25, -0.2) is 0 Å². The summed E-state index contributed by atoms with van der Waals surface area (Å²) in [5.41, 5.74) is -0.394. The topological polar surface area (TPSA) is 50.7 Å². The van der Waals surface area contributed by atoms with Crippen molar-refractivity contribution in [3.63, 3.8) is 0 Å². The molecule has 1 aromatic carbocycles. The zero-order valence-corrected chi connectivity index (χ0v) is 10.2. The van der Waals surface area contributed by atoms with E-state index in [0.29, 0.717) is 0 Å². The molecule has 0 aliphatic heterocycles. The van der Waals surface area contributed by atoms with E-state index >= 15 is 0 Å². The van der Waals surface area contributed by atoms with Gasteiger partial charge in [-0.1, -0.05) is 25.9 Å². The zero-order chi connectivity index (χ0) is 27.2. The Bertz CT molecular complexity index is 833. The molecule has 4 heteroatoms.